The first-order valence-electron chi connectivity index (χ1n) is 3.36. The second-order valence-electron chi connectivity index (χ2n) is 2.12. The number of rotatable bonds is 3. The second-order valence-corrected chi connectivity index (χ2v) is 2.12. The summed E-state index contributed by atoms with van der Waals surface area (Å²) in [5, 5.41) is 7.05. The van der Waals surface area contributed by atoms with Gasteiger partial charge in [-0.2, -0.15) is 0 Å². The highest BCUT2D eigenvalue weighted by Gasteiger charge is 2.09. The fourth-order valence-electron chi connectivity index (χ4n) is 0.668. The minimum atomic E-state index is -0.681. The van der Waals surface area contributed by atoms with Crippen LogP contribution in [0.25, 0.3) is 0 Å². The van der Waals surface area contributed by atoms with Gasteiger partial charge in [-0.25, -0.2) is 0 Å². The van der Waals surface area contributed by atoms with Crippen LogP contribution in [0, 0.1) is 0 Å². The summed E-state index contributed by atoms with van der Waals surface area (Å²) in [5.74, 6) is -0.338. The summed E-state index contributed by atoms with van der Waals surface area (Å²) in [6.45, 7) is 1.98. The van der Waals surface area contributed by atoms with Crippen LogP contribution in [-0.4, -0.2) is 16.1 Å². The smallest absolute Gasteiger partial charge is 0.306 e. The molecule has 2 N–H and O–H groups in total. The third kappa shape index (κ3) is 1.76. The Hall–Kier alpha value is -1.39. The van der Waals surface area contributed by atoms with Crippen LogP contribution in [0.15, 0.2) is 4.42 Å². The molecule has 1 rings (SSSR count). The van der Waals surface area contributed by atoms with Gasteiger partial charge >= 0.3 is 11.8 Å². The number of hydrogen-bond donors (Lipinski definition) is 1. The maximum atomic E-state index is 10.4. The summed E-state index contributed by atoms with van der Waals surface area (Å²) >= 11 is 0. The van der Waals surface area contributed by atoms with Gasteiger partial charge in [-0.15, -0.1) is 10.2 Å². The zero-order valence-electron chi connectivity index (χ0n) is 6.20. The van der Waals surface area contributed by atoms with E-state index in [9.17, 15) is 4.79 Å². The Kier molecular flexibility index (Phi) is 2.20. The van der Waals surface area contributed by atoms with Gasteiger partial charge in [0.2, 0.25) is 5.89 Å². The van der Waals surface area contributed by atoms with Crippen molar-refractivity contribution >= 4 is 5.91 Å². The van der Waals surface area contributed by atoms with Gasteiger partial charge in [-0.3, -0.25) is 4.79 Å². The van der Waals surface area contributed by atoms with Crippen molar-refractivity contribution in [3.8, 4) is 0 Å². The van der Waals surface area contributed by atoms with Crippen molar-refractivity contribution in [3.05, 3.63) is 11.8 Å². The molecule has 0 bridgehead atoms. The molecular weight excluding hydrogens is 146 g/mol. The summed E-state index contributed by atoms with van der Waals surface area (Å²) in [7, 11) is 0. The molecule has 0 atom stereocenters. The zero-order chi connectivity index (χ0) is 8.27. The van der Waals surface area contributed by atoms with Crippen LogP contribution >= 0.6 is 0 Å². The summed E-state index contributed by atoms with van der Waals surface area (Å²) < 4.78 is 4.89. The predicted octanol–water partition coefficient (Wildman–Crippen LogP) is 0.121. The van der Waals surface area contributed by atoms with E-state index < -0.39 is 5.91 Å². The van der Waals surface area contributed by atoms with Crippen molar-refractivity contribution in [2.45, 2.75) is 19.8 Å². The van der Waals surface area contributed by atoms with Crippen LogP contribution < -0.4 is 5.73 Å². The first-order chi connectivity index (χ1) is 5.24. The molecule has 5 heteroatoms. The second kappa shape index (κ2) is 3.14. The van der Waals surface area contributed by atoms with Gasteiger partial charge in [0.15, 0.2) is 0 Å². The normalized spacial score (nSPS) is 9.91. The number of primary amides is 1. The lowest BCUT2D eigenvalue weighted by molar-refractivity contribution is 0.0965. The van der Waals surface area contributed by atoms with E-state index in [0.29, 0.717) is 12.3 Å². The van der Waals surface area contributed by atoms with E-state index in [2.05, 4.69) is 10.2 Å². The Labute approximate surface area is 63.6 Å². The van der Waals surface area contributed by atoms with Gasteiger partial charge in [-0.1, -0.05) is 6.92 Å². The molecule has 1 heterocycles. The van der Waals surface area contributed by atoms with Crippen LogP contribution in [0.5, 0.6) is 0 Å². The van der Waals surface area contributed by atoms with E-state index >= 15 is 0 Å². The number of carbonyl (C=O) groups is 1. The maximum Gasteiger partial charge on any atom is 0.306 e. The molecule has 0 fully saturated rings. The van der Waals surface area contributed by atoms with Crippen LogP contribution in [0.2, 0.25) is 0 Å². The molecule has 5 nitrogen and oxygen atoms in total. The number of amides is 1. The molecule has 11 heavy (non-hydrogen) atoms. The fourth-order valence-corrected chi connectivity index (χ4v) is 0.668. The molecular formula is C6H9N3O2. The number of hydrogen-bond acceptors (Lipinski definition) is 4. The predicted molar refractivity (Wildman–Crippen MR) is 36.8 cm³/mol. The first kappa shape index (κ1) is 7.71. The lowest BCUT2D eigenvalue weighted by Crippen LogP contribution is -2.10. The van der Waals surface area contributed by atoms with E-state index in [1.54, 1.807) is 0 Å². The molecule has 0 saturated carbocycles. The number of nitrogens with two attached hydrogens (primary N) is 1. The molecule has 0 spiro atoms. The van der Waals surface area contributed by atoms with Gasteiger partial charge in [-0.05, 0) is 6.42 Å². The molecule has 0 unspecified atom stereocenters. The Morgan fingerprint density at radius 1 is 1.64 bits per heavy atom. The average molecular weight is 155 g/mol. The average Bonchev–Trinajstić information content (AvgIpc) is 2.37. The van der Waals surface area contributed by atoms with Crippen LogP contribution in [0.3, 0.4) is 0 Å². The number of aromatic nitrogens is 2. The minimum absolute atomic E-state index is 0.117. The van der Waals surface area contributed by atoms with E-state index in [4.69, 9.17) is 10.2 Å². The van der Waals surface area contributed by atoms with Crippen LogP contribution in [-0.2, 0) is 6.42 Å². The van der Waals surface area contributed by atoms with Crippen LogP contribution in [0.1, 0.15) is 29.9 Å². The molecule has 1 amide bonds. The van der Waals surface area contributed by atoms with Gasteiger partial charge in [0.05, 0.1) is 0 Å². The van der Waals surface area contributed by atoms with Crippen molar-refractivity contribution in [2.24, 2.45) is 5.73 Å². The molecule has 0 aliphatic rings. The monoisotopic (exact) mass is 155 g/mol. The third-order valence-corrected chi connectivity index (χ3v) is 1.14. The SMILES string of the molecule is CCCc1nnc(C(N)=O)o1. The van der Waals surface area contributed by atoms with Gasteiger partial charge < -0.3 is 10.2 Å². The van der Waals surface area contributed by atoms with E-state index in [1.165, 1.54) is 0 Å². The number of aryl methyl sites for hydroxylation is 1. The molecule has 0 aromatic carbocycles. The summed E-state index contributed by atoms with van der Waals surface area (Å²) in [4.78, 5) is 10.4. The number of carbonyl (C=O) groups excluding carboxylic acids is 1. The molecule has 0 aliphatic heterocycles. The van der Waals surface area contributed by atoms with Crippen molar-refractivity contribution in [1.29, 1.82) is 0 Å². The zero-order valence-corrected chi connectivity index (χ0v) is 6.20. The topological polar surface area (TPSA) is 82.0 Å². The molecule has 0 aliphatic carbocycles. The Morgan fingerprint density at radius 2 is 2.36 bits per heavy atom. The molecule has 1 aromatic heterocycles. The lowest BCUT2D eigenvalue weighted by Gasteiger charge is -1.85. The lowest BCUT2D eigenvalue weighted by atomic mass is 10.3. The summed E-state index contributed by atoms with van der Waals surface area (Å²) in [6.07, 6.45) is 1.58. The molecule has 60 valence electrons. The highest BCUT2D eigenvalue weighted by atomic mass is 16.4. The standard InChI is InChI=1S/C6H9N3O2/c1-2-3-4-8-9-6(11-4)5(7)10/h2-3H2,1H3,(H2,7,10). The van der Waals surface area contributed by atoms with Crippen LogP contribution in [0.4, 0.5) is 0 Å². The number of nitrogens with zero attached hydrogens (tertiary/aromatic N) is 2. The molecule has 0 saturated heterocycles. The van der Waals surface area contributed by atoms with Gasteiger partial charge in [0, 0.05) is 6.42 Å². The van der Waals surface area contributed by atoms with Crippen molar-refractivity contribution in [2.75, 3.05) is 0 Å². The summed E-state index contributed by atoms with van der Waals surface area (Å²) in [6, 6.07) is 0. The Balaban J connectivity index is 2.73. The van der Waals surface area contributed by atoms with Gasteiger partial charge in [0.1, 0.15) is 0 Å². The van der Waals surface area contributed by atoms with Crippen molar-refractivity contribution in [1.82, 2.24) is 10.2 Å². The highest BCUT2D eigenvalue weighted by molar-refractivity contribution is 5.87. The Bertz CT molecular complexity index is 256. The van der Waals surface area contributed by atoms with Crippen molar-refractivity contribution < 1.29 is 9.21 Å². The first-order valence-corrected chi connectivity index (χ1v) is 3.36. The quantitative estimate of drug-likeness (QED) is 0.672. The molecule has 1 aromatic rings. The van der Waals surface area contributed by atoms with Gasteiger partial charge in [0.25, 0.3) is 0 Å². The third-order valence-electron chi connectivity index (χ3n) is 1.14. The minimum Gasteiger partial charge on any atom is -0.417 e. The largest absolute Gasteiger partial charge is 0.417 e. The highest BCUT2D eigenvalue weighted by Crippen LogP contribution is 2.00. The fraction of sp³-hybridized carbons (Fsp3) is 0.500. The Morgan fingerprint density at radius 3 is 2.82 bits per heavy atom. The van der Waals surface area contributed by atoms with Crippen molar-refractivity contribution in [3.63, 3.8) is 0 Å². The van der Waals surface area contributed by atoms with E-state index in [-0.39, 0.29) is 5.89 Å². The van der Waals surface area contributed by atoms with E-state index in [0.717, 1.165) is 6.42 Å². The molecule has 0 radical (unpaired) electrons. The summed E-state index contributed by atoms with van der Waals surface area (Å²) in [5.41, 5.74) is 4.89. The van der Waals surface area contributed by atoms with E-state index in [1.807, 2.05) is 6.92 Å². The maximum absolute atomic E-state index is 10.4.